The molecule has 136 valence electrons. The average Bonchev–Trinajstić information content (AvgIpc) is 2.93. The molecule has 26 heavy (non-hydrogen) atoms. The van der Waals surface area contributed by atoms with Crippen LogP contribution in [0.5, 0.6) is 5.75 Å². The lowest BCUT2D eigenvalue weighted by atomic mass is 10.2. The Bertz CT molecular complexity index is 790. The van der Waals surface area contributed by atoms with Crippen LogP contribution in [0.25, 0.3) is 0 Å². The fourth-order valence-corrected chi connectivity index (χ4v) is 3.05. The van der Waals surface area contributed by atoms with Crippen LogP contribution in [0.2, 0.25) is 5.02 Å². The molecule has 1 aliphatic rings. The first-order valence-corrected chi connectivity index (χ1v) is 8.78. The molecule has 0 atom stereocenters. The van der Waals surface area contributed by atoms with E-state index in [4.69, 9.17) is 21.6 Å². The number of halogens is 1. The van der Waals surface area contributed by atoms with E-state index in [0.717, 1.165) is 16.7 Å². The number of nitrogens with zero attached hydrogens (tertiary/aromatic N) is 2. The molecule has 8 nitrogen and oxygen atoms in total. The molecule has 0 aromatic heterocycles. The molecule has 10 heteroatoms. The average molecular weight is 395 g/mol. The summed E-state index contributed by atoms with van der Waals surface area (Å²) in [4.78, 5) is 36.1. The number of rotatable bonds is 7. The molecule has 3 amide bonds. The largest absolute Gasteiger partial charge is 0.495 e. The van der Waals surface area contributed by atoms with Crippen molar-refractivity contribution in [3.8, 4) is 11.8 Å². The van der Waals surface area contributed by atoms with E-state index in [9.17, 15) is 14.4 Å². The fourth-order valence-electron chi connectivity index (χ4n) is 2.04. The van der Waals surface area contributed by atoms with Gasteiger partial charge in [0.2, 0.25) is 5.91 Å². The van der Waals surface area contributed by atoms with Crippen LogP contribution in [0, 0.1) is 11.3 Å². The van der Waals surface area contributed by atoms with Crippen LogP contribution < -0.4 is 15.4 Å². The molecule has 0 saturated carbocycles. The Hall–Kier alpha value is -2.70. The van der Waals surface area contributed by atoms with Gasteiger partial charge in [-0.2, -0.15) is 5.26 Å². The summed E-state index contributed by atoms with van der Waals surface area (Å²) in [6, 6.07) is 6.47. The molecule has 1 aliphatic heterocycles. The second-order valence-electron chi connectivity index (χ2n) is 5.03. The SMILES string of the molecule is COc1ccc(NC(=O)/C(C#N)=C\NCCN2C(=O)CSC2=O)cc1Cl. The zero-order valence-electron chi connectivity index (χ0n) is 13.7. The number of ether oxygens (including phenoxy) is 1. The quantitative estimate of drug-likeness (QED) is 0.413. The van der Waals surface area contributed by atoms with E-state index in [0.29, 0.717) is 16.5 Å². The number of carbonyl (C=O) groups is 3. The molecule has 0 aliphatic carbocycles. The van der Waals surface area contributed by atoms with Crippen molar-refractivity contribution >= 4 is 46.1 Å². The Labute approximate surface area is 159 Å². The first kappa shape index (κ1) is 19.6. The van der Waals surface area contributed by atoms with Gasteiger partial charge < -0.3 is 15.4 Å². The number of nitrogens with one attached hydrogen (secondary N) is 2. The fraction of sp³-hybridized carbons (Fsp3) is 0.250. The highest BCUT2D eigenvalue weighted by atomic mass is 35.5. The third-order valence-corrected chi connectivity index (χ3v) is 4.50. The second kappa shape index (κ2) is 9.12. The molecular formula is C16H15ClN4O4S. The van der Waals surface area contributed by atoms with Crippen LogP contribution >= 0.6 is 23.4 Å². The van der Waals surface area contributed by atoms with Crippen LogP contribution in [-0.2, 0) is 9.59 Å². The summed E-state index contributed by atoms with van der Waals surface area (Å²) in [5, 5.41) is 14.4. The summed E-state index contributed by atoms with van der Waals surface area (Å²) in [5.74, 6) is -0.262. The molecule has 1 fully saturated rings. The molecule has 0 unspecified atom stereocenters. The number of benzene rings is 1. The molecule has 2 N–H and O–H groups in total. The van der Waals surface area contributed by atoms with E-state index in [2.05, 4.69) is 10.6 Å². The van der Waals surface area contributed by atoms with Crippen molar-refractivity contribution in [2.75, 3.05) is 31.3 Å². The summed E-state index contributed by atoms with van der Waals surface area (Å²) in [6.07, 6.45) is 1.23. The topological polar surface area (TPSA) is 112 Å². The first-order chi connectivity index (χ1) is 12.5. The van der Waals surface area contributed by atoms with Gasteiger partial charge in [0.25, 0.3) is 11.1 Å². The summed E-state index contributed by atoms with van der Waals surface area (Å²) in [5.41, 5.74) is 0.248. The van der Waals surface area contributed by atoms with Gasteiger partial charge in [0, 0.05) is 25.0 Å². The van der Waals surface area contributed by atoms with E-state index in [1.165, 1.54) is 19.4 Å². The number of methoxy groups -OCH3 is 1. The first-order valence-electron chi connectivity index (χ1n) is 7.42. The zero-order valence-corrected chi connectivity index (χ0v) is 15.3. The molecule has 0 bridgehead atoms. The van der Waals surface area contributed by atoms with Gasteiger partial charge >= 0.3 is 0 Å². The van der Waals surface area contributed by atoms with E-state index in [1.807, 2.05) is 0 Å². The van der Waals surface area contributed by atoms with Gasteiger partial charge in [0.15, 0.2) is 0 Å². The van der Waals surface area contributed by atoms with Crippen molar-refractivity contribution in [3.63, 3.8) is 0 Å². The van der Waals surface area contributed by atoms with Crippen molar-refractivity contribution in [3.05, 3.63) is 35.0 Å². The Morgan fingerprint density at radius 2 is 2.27 bits per heavy atom. The smallest absolute Gasteiger partial charge is 0.288 e. The molecule has 2 rings (SSSR count). The number of carbonyl (C=O) groups excluding carboxylic acids is 3. The number of hydrogen-bond donors (Lipinski definition) is 2. The molecule has 1 aromatic carbocycles. The van der Waals surface area contributed by atoms with Crippen molar-refractivity contribution in [2.45, 2.75) is 0 Å². The normalized spacial score (nSPS) is 14.2. The van der Waals surface area contributed by atoms with Gasteiger partial charge in [0.05, 0.1) is 17.9 Å². The molecule has 1 aromatic rings. The van der Waals surface area contributed by atoms with Gasteiger partial charge in [-0.05, 0) is 18.2 Å². The van der Waals surface area contributed by atoms with Crippen molar-refractivity contribution in [1.29, 1.82) is 5.26 Å². The molecular weight excluding hydrogens is 380 g/mol. The summed E-state index contributed by atoms with van der Waals surface area (Å²) in [7, 11) is 1.48. The summed E-state index contributed by atoms with van der Waals surface area (Å²) < 4.78 is 5.02. The highest BCUT2D eigenvalue weighted by Gasteiger charge is 2.28. The Kier molecular flexibility index (Phi) is 6.89. The zero-order chi connectivity index (χ0) is 19.1. The van der Waals surface area contributed by atoms with Gasteiger partial charge in [-0.25, -0.2) is 0 Å². The van der Waals surface area contributed by atoms with E-state index < -0.39 is 5.91 Å². The minimum Gasteiger partial charge on any atom is -0.495 e. The lowest BCUT2D eigenvalue weighted by Crippen LogP contribution is -2.34. The Morgan fingerprint density at radius 3 is 2.85 bits per heavy atom. The number of nitriles is 1. The second-order valence-corrected chi connectivity index (χ2v) is 6.36. The van der Waals surface area contributed by atoms with Crippen LogP contribution in [0.1, 0.15) is 0 Å². The maximum Gasteiger partial charge on any atom is 0.288 e. The maximum atomic E-state index is 12.1. The van der Waals surface area contributed by atoms with E-state index in [1.54, 1.807) is 18.2 Å². The molecule has 0 spiro atoms. The summed E-state index contributed by atoms with van der Waals surface area (Å²) >= 11 is 6.94. The van der Waals surface area contributed by atoms with Crippen LogP contribution in [0.3, 0.4) is 0 Å². The van der Waals surface area contributed by atoms with Crippen LogP contribution in [0.4, 0.5) is 10.5 Å². The number of imide groups is 1. The van der Waals surface area contributed by atoms with Crippen LogP contribution in [-0.4, -0.2) is 47.9 Å². The highest BCUT2D eigenvalue weighted by Crippen LogP contribution is 2.27. The van der Waals surface area contributed by atoms with Crippen molar-refractivity contribution < 1.29 is 19.1 Å². The molecule has 1 heterocycles. The predicted molar refractivity (Wildman–Crippen MR) is 97.9 cm³/mol. The number of thioether (sulfide) groups is 1. The van der Waals surface area contributed by atoms with E-state index >= 15 is 0 Å². The third kappa shape index (κ3) is 4.91. The minimum atomic E-state index is -0.620. The standard InChI is InChI=1S/C16H15ClN4O4S/c1-25-13-3-2-11(6-12(13)17)20-15(23)10(7-18)8-19-4-5-21-14(22)9-26-16(21)24/h2-3,6,8,19H,4-5,9H2,1H3,(H,20,23)/b10-8-. The predicted octanol–water partition coefficient (Wildman–Crippen LogP) is 1.98. The van der Waals surface area contributed by atoms with E-state index in [-0.39, 0.29) is 35.6 Å². The molecule has 0 radical (unpaired) electrons. The maximum absolute atomic E-state index is 12.1. The van der Waals surface area contributed by atoms with Gasteiger partial charge in [0.1, 0.15) is 17.4 Å². The lowest BCUT2D eigenvalue weighted by molar-refractivity contribution is -0.124. The number of anilines is 1. The van der Waals surface area contributed by atoms with Gasteiger partial charge in [-0.1, -0.05) is 23.4 Å². The van der Waals surface area contributed by atoms with Crippen LogP contribution in [0.15, 0.2) is 30.0 Å². The minimum absolute atomic E-state index is 0.144. The van der Waals surface area contributed by atoms with Crippen molar-refractivity contribution in [2.24, 2.45) is 0 Å². The van der Waals surface area contributed by atoms with Gasteiger partial charge in [-0.15, -0.1) is 0 Å². The number of amides is 3. The highest BCUT2D eigenvalue weighted by molar-refractivity contribution is 8.14. The third-order valence-electron chi connectivity index (χ3n) is 3.34. The summed E-state index contributed by atoms with van der Waals surface area (Å²) in [6.45, 7) is 0.389. The monoisotopic (exact) mass is 394 g/mol. The van der Waals surface area contributed by atoms with Gasteiger partial charge in [-0.3, -0.25) is 19.3 Å². The Morgan fingerprint density at radius 1 is 1.50 bits per heavy atom. The number of hydrogen-bond acceptors (Lipinski definition) is 7. The molecule has 1 saturated heterocycles. The lowest BCUT2D eigenvalue weighted by Gasteiger charge is -2.12. The Balaban J connectivity index is 1.90. The van der Waals surface area contributed by atoms with Crippen molar-refractivity contribution in [1.82, 2.24) is 10.2 Å².